The molecule has 1 aliphatic rings. The van der Waals surface area contributed by atoms with Gasteiger partial charge in [-0.3, -0.25) is 19.8 Å². The molecule has 0 radical (unpaired) electrons. The van der Waals surface area contributed by atoms with Gasteiger partial charge in [-0.15, -0.1) is 0 Å². The van der Waals surface area contributed by atoms with Crippen molar-refractivity contribution in [2.75, 3.05) is 13.1 Å². The van der Waals surface area contributed by atoms with Crippen molar-refractivity contribution in [1.82, 2.24) is 4.90 Å². The minimum Gasteiger partial charge on any atom is -0.370 e. The van der Waals surface area contributed by atoms with Gasteiger partial charge in [-0.05, 0) is 56.7 Å². The van der Waals surface area contributed by atoms with Crippen LogP contribution in [0.4, 0.5) is 5.69 Å². The van der Waals surface area contributed by atoms with Gasteiger partial charge in [0.1, 0.15) is 0 Å². The first kappa shape index (κ1) is 17.4. The number of amides is 1. The molecule has 0 bridgehead atoms. The average Bonchev–Trinajstić information content (AvgIpc) is 2.52. The average molecular weight is 319 g/mol. The molecule has 1 aromatic carbocycles. The first-order valence-electron chi connectivity index (χ1n) is 8.15. The van der Waals surface area contributed by atoms with Gasteiger partial charge in [0.2, 0.25) is 5.91 Å². The van der Waals surface area contributed by atoms with Crippen molar-refractivity contribution < 1.29 is 9.72 Å². The summed E-state index contributed by atoms with van der Waals surface area (Å²) in [5.74, 6) is 0.224. The number of nitrogens with zero attached hydrogens (tertiary/aromatic N) is 2. The smallest absolute Gasteiger partial charge is 0.269 e. The van der Waals surface area contributed by atoms with Crippen molar-refractivity contribution in [1.29, 1.82) is 0 Å². The molecule has 0 aromatic heterocycles. The zero-order valence-corrected chi connectivity index (χ0v) is 13.8. The predicted molar refractivity (Wildman–Crippen MR) is 89.0 cm³/mol. The fourth-order valence-electron chi connectivity index (χ4n) is 3.42. The molecule has 6 nitrogen and oxygen atoms in total. The molecular formula is C17H25N3O3. The highest BCUT2D eigenvalue weighted by Crippen LogP contribution is 2.31. The molecule has 0 spiro atoms. The number of non-ortho nitro benzene ring substituents is 1. The number of aryl methyl sites for hydroxylation is 1. The van der Waals surface area contributed by atoms with Gasteiger partial charge in [0.05, 0.1) is 4.92 Å². The van der Waals surface area contributed by atoms with Gasteiger partial charge in [0.15, 0.2) is 0 Å². The van der Waals surface area contributed by atoms with Crippen LogP contribution in [0.15, 0.2) is 18.2 Å². The standard InChI is InChI=1S/C17H25N3O3/c1-12-5-7-15(20(22)23)10-16(12)13(2)19-9-3-4-14(11-19)6-8-17(18)21/h5,7,10,13-14H,3-4,6,8-9,11H2,1-2H3,(H2,18,21)/t13-,14+/m1/s1. The summed E-state index contributed by atoms with van der Waals surface area (Å²) in [4.78, 5) is 24.0. The van der Waals surface area contributed by atoms with Crippen LogP contribution >= 0.6 is 0 Å². The molecule has 0 aliphatic carbocycles. The molecule has 1 saturated heterocycles. The quantitative estimate of drug-likeness (QED) is 0.645. The molecule has 1 amide bonds. The Morgan fingerprint density at radius 2 is 2.26 bits per heavy atom. The van der Waals surface area contributed by atoms with Crippen LogP contribution in [0.25, 0.3) is 0 Å². The van der Waals surface area contributed by atoms with E-state index in [4.69, 9.17) is 5.73 Å². The minimum atomic E-state index is -0.346. The molecule has 0 unspecified atom stereocenters. The van der Waals surface area contributed by atoms with Crippen molar-refractivity contribution in [3.63, 3.8) is 0 Å². The normalized spacial score (nSPS) is 20.2. The first-order valence-corrected chi connectivity index (χ1v) is 8.15. The van der Waals surface area contributed by atoms with E-state index in [1.54, 1.807) is 12.1 Å². The van der Waals surface area contributed by atoms with Gasteiger partial charge in [-0.25, -0.2) is 0 Å². The van der Waals surface area contributed by atoms with Gasteiger partial charge in [-0.2, -0.15) is 0 Å². The number of benzene rings is 1. The molecule has 1 aliphatic heterocycles. The predicted octanol–water partition coefficient (Wildman–Crippen LogP) is 2.94. The van der Waals surface area contributed by atoms with E-state index in [1.165, 1.54) is 0 Å². The number of nitrogens with two attached hydrogens (primary N) is 1. The summed E-state index contributed by atoms with van der Waals surface area (Å²) >= 11 is 0. The van der Waals surface area contributed by atoms with Gasteiger partial charge in [0, 0.05) is 31.1 Å². The number of carbonyl (C=O) groups excluding carboxylic acids is 1. The van der Waals surface area contributed by atoms with Crippen LogP contribution in [0, 0.1) is 23.0 Å². The second-order valence-electron chi connectivity index (χ2n) is 6.48. The summed E-state index contributed by atoms with van der Waals surface area (Å²) in [6, 6.07) is 5.19. The number of hydrogen-bond donors (Lipinski definition) is 1. The van der Waals surface area contributed by atoms with Crippen molar-refractivity contribution in [3.8, 4) is 0 Å². The topological polar surface area (TPSA) is 89.5 Å². The Morgan fingerprint density at radius 3 is 2.91 bits per heavy atom. The maximum absolute atomic E-state index is 11.0. The lowest BCUT2D eigenvalue weighted by Gasteiger charge is -2.37. The van der Waals surface area contributed by atoms with Crippen LogP contribution in [-0.4, -0.2) is 28.8 Å². The fourth-order valence-corrected chi connectivity index (χ4v) is 3.42. The number of hydrogen-bond acceptors (Lipinski definition) is 4. The van der Waals surface area contributed by atoms with Crippen LogP contribution in [-0.2, 0) is 4.79 Å². The summed E-state index contributed by atoms with van der Waals surface area (Å²) < 4.78 is 0. The number of carbonyl (C=O) groups is 1. The highest BCUT2D eigenvalue weighted by Gasteiger charge is 2.26. The SMILES string of the molecule is Cc1ccc([N+](=O)[O-])cc1[C@@H](C)N1CCC[C@@H](CCC(N)=O)C1. The maximum atomic E-state index is 11.0. The van der Waals surface area contributed by atoms with Crippen LogP contribution in [0.3, 0.4) is 0 Å². The molecule has 1 heterocycles. The number of piperidine rings is 1. The summed E-state index contributed by atoms with van der Waals surface area (Å²) in [6.45, 7) is 5.99. The molecule has 6 heteroatoms. The maximum Gasteiger partial charge on any atom is 0.269 e. The highest BCUT2D eigenvalue weighted by atomic mass is 16.6. The van der Waals surface area contributed by atoms with Gasteiger partial charge >= 0.3 is 0 Å². The van der Waals surface area contributed by atoms with E-state index in [9.17, 15) is 14.9 Å². The summed E-state index contributed by atoms with van der Waals surface area (Å²) in [5, 5.41) is 11.0. The molecule has 126 valence electrons. The van der Waals surface area contributed by atoms with Gasteiger partial charge in [-0.1, -0.05) is 6.07 Å². The van der Waals surface area contributed by atoms with Crippen molar-refractivity contribution in [2.24, 2.45) is 11.7 Å². The number of likely N-dealkylation sites (tertiary alicyclic amines) is 1. The summed E-state index contributed by atoms with van der Waals surface area (Å²) in [5.41, 5.74) is 7.46. The lowest BCUT2D eigenvalue weighted by Crippen LogP contribution is -2.37. The van der Waals surface area contributed by atoms with E-state index in [-0.39, 0.29) is 22.6 Å². The number of nitro benzene ring substituents is 1. The van der Waals surface area contributed by atoms with Crippen LogP contribution in [0.2, 0.25) is 0 Å². The van der Waals surface area contributed by atoms with Crippen molar-refractivity contribution in [3.05, 3.63) is 39.4 Å². The van der Waals surface area contributed by atoms with E-state index in [0.717, 1.165) is 43.5 Å². The second kappa shape index (κ2) is 7.55. The monoisotopic (exact) mass is 319 g/mol. The molecular weight excluding hydrogens is 294 g/mol. The molecule has 0 saturated carbocycles. The minimum absolute atomic E-state index is 0.131. The van der Waals surface area contributed by atoms with E-state index >= 15 is 0 Å². The Morgan fingerprint density at radius 1 is 1.52 bits per heavy atom. The zero-order valence-electron chi connectivity index (χ0n) is 13.8. The third kappa shape index (κ3) is 4.51. The molecule has 1 fully saturated rings. The van der Waals surface area contributed by atoms with Crippen molar-refractivity contribution >= 4 is 11.6 Å². The van der Waals surface area contributed by atoms with Crippen molar-refractivity contribution in [2.45, 2.75) is 45.6 Å². The summed E-state index contributed by atoms with van der Waals surface area (Å²) in [7, 11) is 0. The molecule has 23 heavy (non-hydrogen) atoms. The molecule has 2 N–H and O–H groups in total. The van der Waals surface area contributed by atoms with E-state index in [1.807, 2.05) is 13.0 Å². The van der Waals surface area contributed by atoms with E-state index in [0.29, 0.717) is 12.3 Å². The Bertz CT molecular complexity index is 588. The third-order valence-electron chi connectivity index (χ3n) is 4.82. The molecule has 1 aromatic rings. The first-order chi connectivity index (χ1) is 10.9. The number of nitro groups is 1. The lowest BCUT2D eigenvalue weighted by molar-refractivity contribution is -0.385. The Hall–Kier alpha value is -1.95. The number of primary amides is 1. The number of rotatable bonds is 6. The van der Waals surface area contributed by atoms with Crippen LogP contribution in [0.5, 0.6) is 0 Å². The van der Waals surface area contributed by atoms with Gasteiger partial charge < -0.3 is 5.73 Å². The fraction of sp³-hybridized carbons (Fsp3) is 0.588. The Balaban J connectivity index is 2.10. The van der Waals surface area contributed by atoms with Crippen LogP contribution < -0.4 is 5.73 Å². The highest BCUT2D eigenvalue weighted by molar-refractivity contribution is 5.73. The van der Waals surface area contributed by atoms with E-state index < -0.39 is 0 Å². The largest absolute Gasteiger partial charge is 0.370 e. The van der Waals surface area contributed by atoms with E-state index in [2.05, 4.69) is 11.8 Å². The molecule has 2 atom stereocenters. The second-order valence-corrected chi connectivity index (χ2v) is 6.48. The molecule has 2 rings (SSSR count). The Kier molecular flexibility index (Phi) is 5.71. The lowest BCUT2D eigenvalue weighted by atomic mass is 9.90. The Labute approximate surface area is 136 Å². The summed E-state index contributed by atoms with van der Waals surface area (Å²) in [6.07, 6.45) is 3.46. The zero-order chi connectivity index (χ0) is 17.0. The van der Waals surface area contributed by atoms with Gasteiger partial charge in [0.25, 0.3) is 5.69 Å². The third-order valence-corrected chi connectivity index (χ3v) is 4.82. The van der Waals surface area contributed by atoms with Crippen LogP contribution in [0.1, 0.15) is 49.8 Å².